The smallest absolute Gasteiger partial charge is 0.0969 e. The van der Waals surface area contributed by atoms with Crippen LogP contribution in [0.1, 0.15) is 58.3 Å². The predicted octanol–water partition coefficient (Wildman–Crippen LogP) is 4.58. The third-order valence-electron chi connectivity index (χ3n) is 5.17. The Balaban J connectivity index is 1.58. The van der Waals surface area contributed by atoms with Crippen LogP contribution in [0.2, 0.25) is 0 Å². The Morgan fingerprint density at radius 3 is 2.67 bits per heavy atom. The standard InChI is InChI=1S/C18H30O2S/c1-2-3-4-8-11-15-16-17(20-13-12-19-16)18(21-15)14-9-6-5-7-10-14/h5-6,14-18H,2-4,7-13H2,1H3/t14-,15?,16?,17?,18?/m0/s1. The van der Waals surface area contributed by atoms with Gasteiger partial charge in [-0.2, -0.15) is 0 Å². The maximum atomic E-state index is 6.16. The summed E-state index contributed by atoms with van der Waals surface area (Å²) in [6.45, 7) is 3.87. The molecule has 0 N–H and O–H groups in total. The van der Waals surface area contributed by atoms with Crippen molar-refractivity contribution in [3.63, 3.8) is 0 Å². The van der Waals surface area contributed by atoms with E-state index in [4.69, 9.17) is 9.47 Å². The average molecular weight is 311 g/mol. The zero-order chi connectivity index (χ0) is 14.5. The molecule has 2 saturated heterocycles. The fraction of sp³-hybridized carbons (Fsp3) is 0.889. The fourth-order valence-corrected chi connectivity index (χ4v) is 5.97. The van der Waals surface area contributed by atoms with Crippen molar-refractivity contribution >= 4 is 11.8 Å². The molecule has 4 unspecified atom stereocenters. The number of rotatable bonds is 6. The lowest BCUT2D eigenvalue weighted by molar-refractivity contribution is -0.137. The highest BCUT2D eigenvalue weighted by Gasteiger charge is 2.49. The van der Waals surface area contributed by atoms with Gasteiger partial charge in [-0.3, -0.25) is 0 Å². The van der Waals surface area contributed by atoms with Gasteiger partial charge in [0.25, 0.3) is 0 Å². The molecule has 3 rings (SSSR count). The monoisotopic (exact) mass is 310 g/mol. The lowest BCUT2D eigenvalue weighted by atomic mass is 9.86. The zero-order valence-electron chi connectivity index (χ0n) is 13.3. The largest absolute Gasteiger partial charge is 0.372 e. The van der Waals surface area contributed by atoms with Crippen LogP contribution in [0.3, 0.4) is 0 Å². The van der Waals surface area contributed by atoms with Crippen molar-refractivity contribution in [2.24, 2.45) is 5.92 Å². The van der Waals surface area contributed by atoms with Crippen LogP contribution in [0.15, 0.2) is 12.2 Å². The van der Waals surface area contributed by atoms with E-state index in [9.17, 15) is 0 Å². The Bertz CT molecular complexity index is 344. The molecule has 120 valence electrons. The van der Waals surface area contributed by atoms with E-state index in [1.807, 2.05) is 0 Å². The van der Waals surface area contributed by atoms with Crippen molar-refractivity contribution in [3.05, 3.63) is 12.2 Å². The minimum absolute atomic E-state index is 0.358. The molecule has 1 aliphatic carbocycles. The van der Waals surface area contributed by atoms with E-state index < -0.39 is 0 Å². The van der Waals surface area contributed by atoms with Gasteiger partial charge < -0.3 is 9.47 Å². The zero-order valence-corrected chi connectivity index (χ0v) is 14.2. The number of ether oxygens (including phenoxy) is 2. The molecule has 3 heteroatoms. The van der Waals surface area contributed by atoms with Gasteiger partial charge in [-0.1, -0.05) is 44.8 Å². The van der Waals surface area contributed by atoms with Crippen molar-refractivity contribution in [2.45, 2.75) is 81.0 Å². The number of fused-ring (bicyclic) bond motifs is 1. The maximum Gasteiger partial charge on any atom is 0.0969 e. The number of hydrogen-bond donors (Lipinski definition) is 0. The second-order valence-electron chi connectivity index (χ2n) is 6.70. The molecule has 3 aliphatic rings. The van der Waals surface area contributed by atoms with Crippen molar-refractivity contribution < 1.29 is 9.47 Å². The maximum absolute atomic E-state index is 6.16. The van der Waals surface area contributed by atoms with E-state index in [-0.39, 0.29) is 0 Å². The van der Waals surface area contributed by atoms with E-state index >= 15 is 0 Å². The van der Waals surface area contributed by atoms with Crippen molar-refractivity contribution in [3.8, 4) is 0 Å². The van der Waals surface area contributed by atoms with Gasteiger partial charge in [0.05, 0.1) is 25.4 Å². The Hall–Kier alpha value is 0.01000. The summed E-state index contributed by atoms with van der Waals surface area (Å²) in [5, 5.41) is 1.33. The van der Waals surface area contributed by atoms with E-state index in [1.54, 1.807) is 0 Å². The molecular formula is C18H30O2S. The summed E-state index contributed by atoms with van der Waals surface area (Å²) in [5.41, 5.74) is 0. The Morgan fingerprint density at radius 2 is 1.90 bits per heavy atom. The van der Waals surface area contributed by atoms with E-state index in [2.05, 4.69) is 30.8 Å². The molecule has 0 amide bonds. The SMILES string of the molecule is CCCCCCC1SC([C@H]2CC=CCC2)C2OCCOC12. The molecule has 2 aliphatic heterocycles. The van der Waals surface area contributed by atoms with E-state index in [0.717, 1.165) is 19.1 Å². The van der Waals surface area contributed by atoms with E-state index in [1.165, 1.54) is 51.4 Å². The number of unbranched alkanes of at least 4 members (excludes halogenated alkanes) is 3. The first-order chi connectivity index (χ1) is 10.4. The van der Waals surface area contributed by atoms with E-state index in [0.29, 0.717) is 22.7 Å². The second-order valence-corrected chi connectivity index (χ2v) is 8.13. The van der Waals surface area contributed by atoms with Crippen LogP contribution in [-0.4, -0.2) is 35.9 Å². The molecule has 0 bridgehead atoms. The van der Waals surface area contributed by atoms with Crippen molar-refractivity contribution in [2.75, 3.05) is 13.2 Å². The first kappa shape index (κ1) is 15.9. The normalized spacial score (nSPS) is 39.4. The minimum atomic E-state index is 0.358. The van der Waals surface area contributed by atoms with Crippen LogP contribution < -0.4 is 0 Å². The Morgan fingerprint density at radius 1 is 1.05 bits per heavy atom. The van der Waals surface area contributed by atoms with Gasteiger partial charge in [-0.25, -0.2) is 0 Å². The molecule has 0 aromatic heterocycles. The van der Waals surface area contributed by atoms with Crippen LogP contribution in [0.5, 0.6) is 0 Å². The fourth-order valence-electron chi connectivity index (χ4n) is 4.01. The summed E-state index contributed by atoms with van der Waals surface area (Å²) in [4.78, 5) is 0. The highest BCUT2D eigenvalue weighted by Crippen LogP contribution is 2.47. The molecule has 2 nitrogen and oxygen atoms in total. The summed E-state index contributed by atoms with van der Waals surface area (Å²) >= 11 is 2.20. The third kappa shape index (κ3) is 3.86. The topological polar surface area (TPSA) is 18.5 Å². The highest BCUT2D eigenvalue weighted by molar-refractivity contribution is 8.00. The van der Waals surface area contributed by atoms with Gasteiger partial charge in [0.15, 0.2) is 0 Å². The lowest BCUT2D eigenvalue weighted by Crippen LogP contribution is -2.44. The van der Waals surface area contributed by atoms with Crippen LogP contribution >= 0.6 is 11.8 Å². The number of hydrogen-bond acceptors (Lipinski definition) is 3. The second kappa shape index (κ2) is 8.03. The summed E-state index contributed by atoms with van der Waals surface area (Å²) in [7, 11) is 0. The Kier molecular flexibility index (Phi) is 6.08. The average Bonchev–Trinajstić information content (AvgIpc) is 2.92. The lowest BCUT2D eigenvalue weighted by Gasteiger charge is -2.34. The van der Waals surface area contributed by atoms with Gasteiger partial charge in [-0.05, 0) is 31.6 Å². The number of thioether (sulfide) groups is 1. The molecule has 0 spiro atoms. The third-order valence-corrected chi connectivity index (χ3v) is 6.99. The van der Waals surface area contributed by atoms with Gasteiger partial charge in [0, 0.05) is 10.5 Å². The molecule has 2 heterocycles. The van der Waals surface area contributed by atoms with Crippen molar-refractivity contribution in [1.29, 1.82) is 0 Å². The minimum Gasteiger partial charge on any atom is -0.372 e. The summed E-state index contributed by atoms with van der Waals surface area (Å²) in [6, 6.07) is 0. The summed E-state index contributed by atoms with van der Waals surface area (Å²) < 4.78 is 12.3. The van der Waals surface area contributed by atoms with Crippen LogP contribution in [-0.2, 0) is 9.47 Å². The molecule has 0 aromatic carbocycles. The Labute approximate surface area is 134 Å². The predicted molar refractivity (Wildman–Crippen MR) is 89.9 cm³/mol. The van der Waals surface area contributed by atoms with Gasteiger partial charge in [0.1, 0.15) is 0 Å². The van der Waals surface area contributed by atoms with Gasteiger partial charge in [0.2, 0.25) is 0 Å². The van der Waals surface area contributed by atoms with Crippen LogP contribution in [0.4, 0.5) is 0 Å². The molecule has 0 saturated carbocycles. The molecule has 2 fully saturated rings. The first-order valence-electron chi connectivity index (χ1n) is 8.94. The van der Waals surface area contributed by atoms with Crippen molar-refractivity contribution in [1.82, 2.24) is 0 Å². The molecule has 0 aromatic rings. The van der Waals surface area contributed by atoms with Gasteiger partial charge in [-0.15, -0.1) is 11.8 Å². The quantitative estimate of drug-likeness (QED) is 0.528. The van der Waals surface area contributed by atoms with Gasteiger partial charge >= 0.3 is 0 Å². The molecular weight excluding hydrogens is 280 g/mol. The summed E-state index contributed by atoms with van der Waals surface area (Å²) in [6.07, 6.45) is 16.0. The van der Waals surface area contributed by atoms with Crippen LogP contribution in [0.25, 0.3) is 0 Å². The first-order valence-corrected chi connectivity index (χ1v) is 9.88. The molecule has 0 radical (unpaired) electrons. The molecule has 5 atom stereocenters. The highest BCUT2D eigenvalue weighted by atomic mass is 32.2. The number of allylic oxidation sites excluding steroid dienone is 2. The summed E-state index contributed by atoms with van der Waals surface area (Å²) in [5.74, 6) is 0.801. The van der Waals surface area contributed by atoms with Crippen LogP contribution in [0, 0.1) is 5.92 Å². The molecule has 21 heavy (non-hydrogen) atoms.